The van der Waals surface area contributed by atoms with Gasteiger partial charge in [0.1, 0.15) is 5.52 Å². The van der Waals surface area contributed by atoms with E-state index < -0.39 is 5.97 Å². The molecular weight excluding hydrogens is 354 g/mol. The zero-order valence-electron chi connectivity index (χ0n) is 15.5. The SMILES string of the molecule is CNCc1cccc(-c2ccc3[nH]c(=O)c4[nH]cc(CCC(=O)O)c4c3c2)c1. The molecule has 4 rings (SSSR count). The van der Waals surface area contributed by atoms with Gasteiger partial charge in [-0.3, -0.25) is 9.59 Å². The Balaban J connectivity index is 1.90. The maximum atomic E-state index is 12.4. The second-order valence-corrected chi connectivity index (χ2v) is 6.90. The first-order valence-corrected chi connectivity index (χ1v) is 9.18. The molecule has 28 heavy (non-hydrogen) atoms. The number of aromatic amines is 2. The summed E-state index contributed by atoms with van der Waals surface area (Å²) in [4.78, 5) is 29.3. The Hall–Kier alpha value is -3.38. The second-order valence-electron chi connectivity index (χ2n) is 6.90. The number of fused-ring (bicyclic) bond motifs is 3. The number of rotatable bonds is 6. The molecule has 0 radical (unpaired) electrons. The molecule has 0 bridgehead atoms. The standard InChI is InChI=1S/C22H21N3O3/c1-23-11-13-3-2-4-14(9-13)15-5-7-18-17(10-15)20-16(6-8-19(26)27)12-24-21(20)22(28)25-18/h2-5,7,9-10,12,23-24H,6,8,11H2,1H3,(H,25,28)(H,26,27). The Kier molecular flexibility index (Phi) is 4.71. The molecule has 2 heterocycles. The van der Waals surface area contributed by atoms with Crippen LogP contribution in [0.25, 0.3) is 32.9 Å². The number of carbonyl (C=O) groups is 1. The predicted octanol–water partition coefficient (Wildman–Crippen LogP) is 3.41. The molecule has 0 saturated carbocycles. The highest BCUT2D eigenvalue weighted by molar-refractivity contribution is 6.07. The van der Waals surface area contributed by atoms with Gasteiger partial charge in [0, 0.05) is 35.5 Å². The first-order chi connectivity index (χ1) is 13.6. The Morgan fingerprint density at radius 3 is 2.75 bits per heavy atom. The van der Waals surface area contributed by atoms with Crippen molar-refractivity contribution in [3.8, 4) is 11.1 Å². The van der Waals surface area contributed by atoms with Gasteiger partial charge >= 0.3 is 5.97 Å². The van der Waals surface area contributed by atoms with Crippen LogP contribution in [0.2, 0.25) is 0 Å². The van der Waals surface area contributed by atoms with Gasteiger partial charge in [0.15, 0.2) is 0 Å². The maximum absolute atomic E-state index is 12.4. The molecule has 0 aliphatic heterocycles. The molecule has 2 aromatic heterocycles. The highest BCUT2D eigenvalue weighted by atomic mass is 16.4. The summed E-state index contributed by atoms with van der Waals surface area (Å²) >= 11 is 0. The van der Waals surface area contributed by atoms with Gasteiger partial charge in [-0.15, -0.1) is 0 Å². The summed E-state index contributed by atoms with van der Waals surface area (Å²) in [6, 6.07) is 14.3. The van der Waals surface area contributed by atoms with Crippen LogP contribution in [0.15, 0.2) is 53.5 Å². The van der Waals surface area contributed by atoms with Gasteiger partial charge in [0.05, 0.1) is 0 Å². The van der Waals surface area contributed by atoms with Crippen LogP contribution < -0.4 is 10.9 Å². The third-order valence-electron chi connectivity index (χ3n) is 4.98. The minimum Gasteiger partial charge on any atom is -0.481 e. The molecule has 4 N–H and O–H groups in total. The van der Waals surface area contributed by atoms with Gasteiger partial charge in [-0.2, -0.15) is 0 Å². The Morgan fingerprint density at radius 1 is 1.14 bits per heavy atom. The topological polar surface area (TPSA) is 98.0 Å². The molecule has 0 spiro atoms. The van der Waals surface area contributed by atoms with E-state index in [1.54, 1.807) is 6.20 Å². The number of pyridine rings is 1. The van der Waals surface area contributed by atoms with E-state index in [1.807, 2.05) is 25.2 Å². The number of aliphatic carboxylic acids is 1. The molecule has 0 aliphatic carbocycles. The van der Waals surface area contributed by atoms with E-state index >= 15 is 0 Å². The van der Waals surface area contributed by atoms with Crippen LogP contribution in [0.1, 0.15) is 17.5 Å². The van der Waals surface area contributed by atoms with Crippen molar-refractivity contribution in [1.82, 2.24) is 15.3 Å². The quantitative estimate of drug-likeness (QED) is 0.415. The Bertz CT molecular complexity index is 1240. The van der Waals surface area contributed by atoms with Gasteiger partial charge < -0.3 is 20.4 Å². The third-order valence-corrected chi connectivity index (χ3v) is 4.98. The Labute approximate surface area is 161 Å². The fourth-order valence-corrected chi connectivity index (χ4v) is 3.68. The lowest BCUT2D eigenvalue weighted by Crippen LogP contribution is -2.06. The van der Waals surface area contributed by atoms with Crippen molar-refractivity contribution in [2.75, 3.05) is 7.05 Å². The highest BCUT2D eigenvalue weighted by Crippen LogP contribution is 2.30. The van der Waals surface area contributed by atoms with E-state index in [2.05, 4.69) is 39.6 Å². The minimum atomic E-state index is -0.856. The van der Waals surface area contributed by atoms with E-state index in [4.69, 9.17) is 5.11 Å². The van der Waals surface area contributed by atoms with Crippen LogP contribution in [0.4, 0.5) is 0 Å². The lowest BCUT2D eigenvalue weighted by molar-refractivity contribution is -0.136. The summed E-state index contributed by atoms with van der Waals surface area (Å²) in [5, 5.41) is 13.9. The monoisotopic (exact) mass is 375 g/mol. The minimum absolute atomic E-state index is 0.0208. The molecule has 6 heteroatoms. The zero-order chi connectivity index (χ0) is 19.7. The highest BCUT2D eigenvalue weighted by Gasteiger charge is 2.13. The average Bonchev–Trinajstić information content (AvgIpc) is 3.12. The van der Waals surface area contributed by atoms with Crippen molar-refractivity contribution in [3.05, 3.63) is 70.1 Å². The first kappa shape index (κ1) is 18.0. The van der Waals surface area contributed by atoms with Crippen LogP contribution in [0.5, 0.6) is 0 Å². The molecule has 0 unspecified atom stereocenters. The number of hydrogen-bond acceptors (Lipinski definition) is 3. The van der Waals surface area contributed by atoms with Crippen molar-refractivity contribution in [2.24, 2.45) is 0 Å². The molecule has 2 aromatic carbocycles. The number of benzene rings is 2. The molecule has 0 aliphatic rings. The van der Waals surface area contributed by atoms with Crippen molar-refractivity contribution in [3.63, 3.8) is 0 Å². The number of hydrogen-bond donors (Lipinski definition) is 4. The zero-order valence-corrected chi connectivity index (χ0v) is 15.5. The largest absolute Gasteiger partial charge is 0.481 e. The Morgan fingerprint density at radius 2 is 1.96 bits per heavy atom. The van der Waals surface area contributed by atoms with Gasteiger partial charge in [-0.25, -0.2) is 0 Å². The number of aryl methyl sites for hydroxylation is 1. The predicted molar refractivity (Wildman–Crippen MR) is 111 cm³/mol. The van der Waals surface area contributed by atoms with Crippen LogP contribution in [0, 0.1) is 0 Å². The average molecular weight is 375 g/mol. The summed E-state index contributed by atoms with van der Waals surface area (Å²) < 4.78 is 0. The van der Waals surface area contributed by atoms with Crippen molar-refractivity contribution in [1.29, 1.82) is 0 Å². The molecule has 142 valence electrons. The van der Waals surface area contributed by atoms with Crippen molar-refractivity contribution >= 4 is 27.8 Å². The summed E-state index contributed by atoms with van der Waals surface area (Å²) in [6.45, 7) is 0.788. The van der Waals surface area contributed by atoms with Crippen molar-refractivity contribution in [2.45, 2.75) is 19.4 Å². The van der Waals surface area contributed by atoms with Crippen molar-refractivity contribution < 1.29 is 9.90 Å². The van der Waals surface area contributed by atoms with E-state index in [9.17, 15) is 9.59 Å². The summed E-state index contributed by atoms with van der Waals surface area (Å²) in [6.07, 6.45) is 2.13. The molecule has 6 nitrogen and oxygen atoms in total. The number of nitrogens with one attached hydrogen (secondary N) is 3. The lowest BCUT2D eigenvalue weighted by atomic mass is 9.98. The van der Waals surface area contributed by atoms with Crippen LogP contribution in [-0.2, 0) is 17.8 Å². The fraction of sp³-hybridized carbons (Fsp3) is 0.182. The van der Waals surface area contributed by atoms with Gasteiger partial charge in [-0.05, 0) is 53.9 Å². The normalized spacial score (nSPS) is 11.3. The molecule has 0 saturated heterocycles. The maximum Gasteiger partial charge on any atom is 0.303 e. The fourth-order valence-electron chi connectivity index (χ4n) is 3.68. The van der Waals surface area contributed by atoms with E-state index in [0.717, 1.165) is 39.5 Å². The summed E-state index contributed by atoms with van der Waals surface area (Å²) in [5.74, 6) is -0.856. The van der Waals surface area contributed by atoms with Gasteiger partial charge in [0.2, 0.25) is 0 Å². The number of carboxylic acid groups (broad SMARTS) is 1. The van der Waals surface area contributed by atoms with E-state index in [0.29, 0.717) is 11.9 Å². The first-order valence-electron chi connectivity index (χ1n) is 9.18. The van der Waals surface area contributed by atoms with E-state index in [1.165, 1.54) is 5.56 Å². The summed E-state index contributed by atoms with van der Waals surface area (Å²) in [7, 11) is 1.92. The molecule has 0 atom stereocenters. The molecule has 0 fully saturated rings. The second kappa shape index (κ2) is 7.32. The lowest BCUT2D eigenvalue weighted by Gasteiger charge is -2.08. The van der Waals surface area contributed by atoms with Gasteiger partial charge in [-0.1, -0.05) is 24.3 Å². The number of H-pyrrole nitrogens is 2. The summed E-state index contributed by atoms with van der Waals surface area (Å²) in [5.41, 5.74) is 5.19. The van der Waals surface area contributed by atoms with E-state index in [-0.39, 0.29) is 12.0 Å². The van der Waals surface area contributed by atoms with Crippen LogP contribution >= 0.6 is 0 Å². The van der Waals surface area contributed by atoms with Gasteiger partial charge in [0.25, 0.3) is 5.56 Å². The van der Waals surface area contributed by atoms with Crippen LogP contribution in [-0.4, -0.2) is 28.1 Å². The molecule has 4 aromatic rings. The third kappa shape index (κ3) is 3.30. The molecular formula is C22H21N3O3. The number of carboxylic acids is 1. The smallest absolute Gasteiger partial charge is 0.303 e. The molecule has 0 amide bonds. The van der Waals surface area contributed by atoms with Crippen LogP contribution in [0.3, 0.4) is 0 Å². The number of aromatic nitrogens is 2.